The van der Waals surface area contributed by atoms with E-state index in [0.29, 0.717) is 67.5 Å². The number of rotatable bonds is 5. The van der Waals surface area contributed by atoms with Crippen LogP contribution in [-0.2, 0) is 17.6 Å². The number of benzene rings is 1. The van der Waals surface area contributed by atoms with Crippen LogP contribution in [0.2, 0.25) is 0 Å². The third kappa shape index (κ3) is 6.54. The number of hydrogen-bond acceptors (Lipinski definition) is 7. The van der Waals surface area contributed by atoms with Gasteiger partial charge in [-0.05, 0) is 25.5 Å². The molecule has 2 aromatic rings. The van der Waals surface area contributed by atoms with Crippen LogP contribution in [0.1, 0.15) is 34.4 Å². The van der Waals surface area contributed by atoms with Gasteiger partial charge in [0.2, 0.25) is 0 Å². The van der Waals surface area contributed by atoms with Gasteiger partial charge in [-0.15, -0.1) is 0 Å². The van der Waals surface area contributed by atoms with E-state index in [1.54, 1.807) is 37.1 Å². The van der Waals surface area contributed by atoms with E-state index in [1.165, 1.54) is 0 Å². The monoisotopic (exact) mass is 432 g/mol. The van der Waals surface area contributed by atoms with E-state index >= 15 is 0 Å². The SMILES string of the molecule is CC(=O)O.COc1ccc(C(=O)N2CCc3nc(C)[nH]c(=O)c3CC2)c(OCCN)c1. The minimum Gasteiger partial charge on any atom is -0.497 e. The molecule has 1 amide bonds. The van der Waals surface area contributed by atoms with Crippen LogP contribution >= 0.6 is 0 Å². The average molecular weight is 432 g/mol. The van der Waals surface area contributed by atoms with Gasteiger partial charge in [-0.3, -0.25) is 14.4 Å². The van der Waals surface area contributed by atoms with Gasteiger partial charge in [0.15, 0.2) is 0 Å². The largest absolute Gasteiger partial charge is 0.497 e. The maximum atomic E-state index is 13.1. The predicted octanol–water partition coefficient (Wildman–Crippen LogP) is 0.756. The van der Waals surface area contributed by atoms with Crippen LogP contribution in [-0.4, -0.2) is 65.2 Å². The molecule has 3 rings (SSSR count). The van der Waals surface area contributed by atoms with Crippen molar-refractivity contribution in [2.24, 2.45) is 5.73 Å². The number of ether oxygens (including phenoxy) is 2. The number of carbonyl (C=O) groups excluding carboxylic acids is 1. The van der Waals surface area contributed by atoms with Crippen molar-refractivity contribution in [3.8, 4) is 11.5 Å². The molecule has 168 valence electrons. The van der Waals surface area contributed by atoms with Crippen molar-refractivity contribution in [2.75, 3.05) is 33.4 Å². The van der Waals surface area contributed by atoms with Crippen molar-refractivity contribution in [3.63, 3.8) is 0 Å². The summed E-state index contributed by atoms with van der Waals surface area (Å²) in [7, 11) is 1.56. The number of nitrogens with one attached hydrogen (secondary N) is 1. The first kappa shape index (κ1) is 23.9. The maximum absolute atomic E-state index is 13.1. The zero-order valence-electron chi connectivity index (χ0n) is 17.9. The van der Waals surface area contributed by atoms with E-state index < -0.39 is 5.97 Å². The first-order valence-corrected chi connectivity index (χ1v) is 9.85. The van der Waals surface area contributed by atoms with E-state index in [2.05, 4.69) is 9.97 Å². The lowest BCUT2D eigenvalue weighted by Gasteiger charge is -2.22. The number of carboxylic acids is 1. The number of carbonyl (C=O) groups is 2. The minimum absolute atomic E-state index is 0.122. The van der Waals surface area contributed by atoms with Crippen LogP contribution in [0.5, 0.6) is 11.5 Å². The Kier molecular flexibility index (Phi) is 8.56. The Bertz CT molecular complexity index is 984. The highest BCUT2D eigenvalue weighted by Crippen LogP contribution is 2.27. The van der Waals surface area contributed by atoms with Crippen LogP contribution in [0.4, 0.5) is 0 Å². The van der Waals surface area contributed by atoms with Crippen molar-refractivity contribution in [1.29, 1.82) is 0 Å². The highest BCUT2D eigenvalue weighted by atomic mass is 16.5. The zero-order chi connectivity index (χ0) is 23.0. The quantitative estimate of drug-likeness (QED) is 0.627. The van der Waals surface area contributed by atoms with Crippen LogP contribution in [0.25, 0.3) is 0 Å². The Morgan fingerprint density at radius 2 is 1.97 bits per heavy atom. The van der Waals surface area contributed by atoms with Crippen molar-refractivity contribution in [1.82, 2.24) is 14.9 Å². The molecule has 10 heteroatoms. The van der Waals surface area contributed by atoms with Gasteiger partial charge in [-0.1, -0.05) is 0 Å². The number of amides is 1. The summed E-state index contributed by atoms with van der Waals surface area (Å²) >= 11 is 0. The fourth-order valence-corrected chi connectivity index (χ4v) is 3.20. The summed E-state index contributed by atoms with van der Waals surface area (Å²) in [5.74, 6) is 0.656. The Morgan fingerprint density at radius 1 is 1.29 bits per heavy atom. The molecule has 0 fully saturated rings. The lowest BCUT2D eigenvalue weighted by atomic mass is 10.1. The van der Waals surface area contributed by atoms with Crippen LogP contribution in [0.15, 0.2) is 23.0 Å². The second-order valence-corrected chi connectivity index (χ2v) is 6.89. The van der Waals surface area contributed by atoms with Crippen molar-refractivity contribution in [3.05, 3.63) is 51.2 Å². The van der Waals surface area contributed by atoms with Crippen LogP contribution in [0.3, 0.4) is 0 Å². The van der Waals surface area contributed by atoms with E-state index in [9.17, 15) is 9.59 Å². The molecule has 2 heterocycles. The molecule has 0 aliphatic carbocycles. The second kappa shape index (κ2) is 11.1. The number of carboxylic acid groups (broad SMARTS) is 1. The molecule has 0 radical (unpaired) electrons. The number of H-pyrrole nitrogens is 1. The first-order chi connectivity index (χ1) is 14.8. The fourth-order valence-electron chi connectivity index (χ4n) is 3.20. The summed E-state index contributed by atoms with van der Waals surface area (Å²) in [4.78, 5) is 43.2. The molecule has 0 spiro atoms. The molecule has 1 aromatic heterocycles. The second-order valence-electron chi connectivity index (χ2n) is 6.89. The van der Waals surface area contributed by atoms with Crippen LogP contribution < -0.4 is 20.8 Å². The zero-order valence-corrected chi connectivity index (χ0v) is 17.9. The summed E-state index contributed by atoms with van der Waals surface area (Å²) in [5, 5.41) is 7.42. The molecule has 0 unspecified atom stereocenters. The standard InChI is InChI=1S/C19H24N4O4.C2H4O2/c1-12-21-16-6-9-23(8-5-14(16)18(24)22-12)19(25)15-4-3-13(26-2)11-17(15)27-10-7-20;1-2(3)4/h3-4,11H,5-10,20H2,1-2H3,(H,21,22,24);1H3,(H,3,4). The maximum Gasteiger partial charge on any atom is 0.300 e. The number of hydrogen-bond donors (Lipinski definition) is 3. The van der Waals surface area contributed by atoms with Crippen LogP contribution in [0, 0.1) is 6.92 Å². The summed E-state index contributed by atoms with van der Waals surface area (Å²) in [6.07, 6.45) is 1.01. The Hall–Kier alpha value is -3.40. The third-order valence-corrected chi connectivity index (χ3v) is 4.55. The molecule has 0 atom stereocenters. The number of aromatic amines is 1. The summed E-state index contributed by atoms with van der Waals surface area (Å²) in [6.45, 7) is 4.43. The molecular formula is C21H28N4O6. The third-order valence-electron chi connectivity index (χ3n) is 4.55. The number of nitrogens with two attached hydrogens (primary N) is 1. The minimum atomic E-state index is -0.833. The normalized spacial score (nSPS) is 12.7. The van der Waals surface area contributed by atoms with Crippen molar-refractivity contribution >= 4 is 11.9 Å². The highest BCUT2D eigenvalue weighted by molar-refractivity contribution is 5.97. The van der Waals surface area contributed by atoms with Gasteiger partial charge in [0.25, 0.3) is 17.4 Å². The Morgan fingerprint density at radius 3 is 2.61 bits per heavy atom. The molecule has 0 saturated heterocycles. The number of fused-ring (bicyclic) bond motifs is 1. The summed E-state index contributed by atoms with van der Waals surface area (Å²) in [6, 6.07) is 5.11. The van der Waals surface area contributed by atoms with Gasteiger partial charge in [-0.2, -0.15) is 0 Å². The summed E-state index contributed by atoms with van der Waals surface area (Å²) in [5.41, 5.74) is 7.27. The number of aliphatic carboxylic acids is 1. The number of nitrogens with zero attached hydrogens (tertiary/aromatic N) is 2. The fraction of sp³-hybridized carbons (Fsp3) is 0.429. The Labute approximate surface area is 180 Å². The van der Waals surface area contributed by atoms with Gasteiger partial charge in [0, 0.05) is 44.6 Å². The molecule has 4 N–H and O–H groups in total. The lowest BCUT2D eigenvalue weighted by molar-refractivity contribution is -0.134. The van der Waals surface area contributed by atoms with Crippen molar-refractivity contribution in [2.45, 2.75) is 26.7 Å². The highest BCUT2D eigenvalue weighted by Gasteiger charge is 2.24. The van der Waals surface area contributed by atoms with E-state index in [-0.39, 0.29) is 11.5 Å². The van der Waals surface area contributed by atoms with E-state index in [0.717, 1.165) is 12.6 Å². The van der Waals surface area contributed by atoms with Gasteiger partial charge in [-0.25, -0.2) is 4.98 Å². The van der Waals surface area contributed by atoms with Crippen molar-refractivity contribution < 1.29 is 24.2 Å². The predicted molar refractivity (Wildman–Crippen MR) is 114 cm³/mol. The number of aromatic nitrogens is 2. The number of methoxy groups -OCH3 is 1. The lowest BCUT2D eigenvalue weighted by Crippen LogP contribution is -2.33. The topological polar surface area (TPSA) is 148 Å². The van der Waals surface area contributed by atoms with E-state index in [1.807, 2.05) is 0 Å². The van der Waals surface area contributed by atoms with Gasteiger partial charge < -0.3 is 30.2 Å². The molecule has 10 nitrogen and oxygen atoms in total. The molecular weight excluding hydrogens is 404 g/mol. The Balaban J connectivity index is 0.000000785. The molecule has 31 heavy (non-hydrogen) atoms. The molecule has 1 aromatic carbocycles. The van der Waals surface area contributed by atoms with Gasteiger partial charge >= 0.3 is 0 Å². The smallest absolute Gasteiger partial charge is 0.300 e. The summed E-state index contributed by atoms with van der Waals surface area (Å²) < 4.78 is 10.9. The molecule has 0 bridgehead atoms. The molecule has 0 saturated carbocycles. The molecule has 1 aliphatic rings. The number of aryl methyl sites for hydroxylation is 1. The first-order valence-electron chi connectivity index (χ1n) is 9.85. The average Bonchev–Trinajstić information content (AvgIpc) is 2.94. The van der Waals surface area contributed by atoms with Gasteiger partial charge in [0.1, 0.15) is 23.9 Å². The molecule has 1 aliphatic heterocycles. The van der Waals surface area contributed by atoms with E-state index in [4.69, 9.17) is 25.1 Å². The van der Waals surface area contributed by atoms with Gasteiger partial charge in [0.05, 0.1) is 18.4 Å².